The second-order valence-corrected chi connectivity index (χ2v) is 5.49. The lowest BCUT2D eigenvalue weighted by Crippen LogP contribution is -2.09. The van der Waals surface area contributed by atoms with Crippen molar-refractivity contribution in [3.05, 3.63) is 35.5 Å². The summed E-state index contributed by atoms with van der Waals surface area (Å²) in [5.41, 5.74) is 3.95. The van der Waals surface area contributed by atoms with E-state index < -0.39 is 23.4 Å². The number of benzene rings is 1. The summed E-state index contributed by atoms with van der Waals surface area (Å²) < 4.78 is 50.7. The minimum Gasteiger partial charge on any atom is -0.462 e. The summed E-state index contributed by atoms with van der Waals surface area (Å²) in [6, 6.07) is 3.04. The molecular weight excluding hydrogens is 339 g/mol. The number of carbonyl (C=O) groups is 1. The lowest BCUT2D eigenvalue weighted by Gasteiger charge is -2.12. The van der Waals surface area contributed by atoms with Crippen LogP contribution in [0.15, 0.2) is 24.4 Å². The third-order valence-electron chi connectivity index (χ3n) is 3.27. The Bertz CT molecular complexity index is 770. The summed E-state index contributed by atoms with van der Waals surface area (Å²) in [6.45, 7) is 5.44. The summed E-state index contributed by atoms with van der Waals surface area (Å²) in [5.74, 6) is -0.943. The summed E-state index contributed by atoms with van der Waals surface area (Å²) in [7, 11) is 0. The first-order chi connectivity index (χ1) is 11.6. The molecule has 0 spiro atoms. The van der Waals surface area contributed by atoms with Gasteiger partial charge in [-0.15, -0.1) is 5.10 Å². The zero-order valence-corrected chi connectivity index (χ0v) is 13.9. The van der Waals surface area contributed by atoms with Crippen LogP contribution in [-0.4, -0.2) is 22.4 Å². The van der Waals surface area contributed by atoms with Crippen LogP contribution in [0, 0.1) is 0 Å². The van der Waals surface area contributed by atoms with Crippen molar-refractivity contribution in [3.8, 4) is 11.6 Å². The van der Waals surface area contributed by atoms with Crippen molar-refractivity contribution in [3.63, 3.8) is 0 Å². The zero-order valence-electron chi connectivity index (χ0n) is 13.9. The summed E-state index contributed by atoms with van der Waals surface area (Å²) in [5, 5.41) is 4.10. The molecule has 0 fully saturated rings. The predicted octanol–water partition coefficient (Wildman–Crippen LogP) is 4.03. The van der Waals surface area contributed by atoms with E-state index in [1.807, 2.05) is 13.8 Å². The average Bonchev–Trinajstić information content (AvgIpc) is 2.92. The van der Waals surface area contributed by atoms with Crippen LogP contribution in [0.4, 0.5) is 18.9 Å². The molecule has 6 nitrogen and oxygen atoms in total. The average molecular weight is 357 g/mol. The van der Waals surface area contributed by atoms with E-state index >= 15 is 0 Å². The Hall–Kier alpha value is -2.71. The van der Waals surface area contributed by atoms with Gasteiger partial charge in [0.05, 0.1) is 12.2 Å². The molecule has 1 aromatic carbocycles. The van der Waals surface area contributed by atoms with Crippen molar-refractivity contribution in [1.82, 2.24) is 9.78 Å². The van der Waals surface area contributed by atoms with E-state index in [1.54, 1.807) is 6.92 Å². The van der Waals surface area contributed by atoms with Gasteiger partial charge >= 0.3 is 12.1 Å². The number of hydrogen-bond donors (Lipinski definition) is 1. The van der Waals surface area contributed by atoms with Crippen LogP contribution >= 0.6 is 0 Å². The number of esters is 1. The highest BCUT2D eigenvalue weighted by atomic mass is 19.4. The highest BCUT2D eigenvalue weighted by molar-refractivity contribution is 5.91. The molecule has 0 saturated carbocycles. The number of nitrogens with two attached hydrogens (primary N) is 1. The normalized spacial score (nSPS) is 11.6. The van der Waals surface area contributed by atoms with Gasteiger partial charge in [-0.05, 0) is 39.0 Å². The van der Waals surface area contributed by atoms with E-state index in [9.17, 15) is 18.0 Å². The van der Waals surface area contributed by atoms with Crippen molar-refractivity contribution in [2.24, 2.45) is 0 Å². The second-order valence-electron chi connectivity index (χ2n) is 5.49. The topological polar surface area (TPSA) is 79.4 Å². The molecular formula is C16H18F3N3O3. The van der Waals surface area contributed by atoms with Crippen LogP contribution in [-0.2, 0) is 10.9 Å². The summed E-state index contributed by atoms with van der Waals surface area (Å²) in [4.78, 5) is 12.0. The molecule has 0 aliphatic rings. The number of anilines is 1. The highest BCUT2D eigenvalue weighted by Crippen LogP contribution is 2.37. The molecule has 0 bridgehead atoms. The molecule has 25 heavy (non-hydrogen) atoms. The molecule has 2 N–H and O–H groups in total. The first kappa shape index (κ1) is 18.6. The van der Waals surface area contributed by atoms with Gasteiger partial charge in [0.1, 0.15) is 11.3 Å². The molecule has 2 rings (SSSR count). The van der Waals surface area contributed by atoms with Gasteiger partial charge in [0.2, 0.25) is 0 Å². The van der Waals surface area contributed by atoms with Crippen molar-refractivity contribution >= 4 is 11.7 Å². The van der Waals surface area contributed by atoms with Crippen LogP contribution < -0.4 is 10.5 Å². The molecule has 0 aliphatic heterocycles. The number of rotatable bonds is 5. The Morgan fingerprint density at radius 1 is 1.36 bits per heavy atom. The van der Waals surface area contributed by atoms with Gasteiger partial charge in [0.15, 0.2) is 0 Å². The van der Waals surface area contributed by atoms with Crippen molar-refractivity contribution in [1.29, 1.82) is 0 Å². The fraction of sp³-hybridized carbons (Fsp3) is 0.375. The van der Waals surface area contributed by atoms with Gasteiger partial charge < -0.3 is 15.2 Å². The Kier molecular flexibility index (Phi) is 5.24. The second kappa shape index (κ2) is 7.04. The maximum absolute atomic E-state index is 13.0. The number of carbonyl (C=O) groups excluding carboxylic acids is 1. The maximum Gasteiger partial charge on any atom is 0.418 e. The van der Waals surface area contributed by atoms with Crippen LogP contribution in [0.25, 0.3) is 0 Å². The Morgan fingerprint density at radius 2 is 2.04 bits per heavy atom. The Morgan fingerprint density at radius 3 is 2.60 bits per heavy atom. The predicted molar refractivity (Wildman–Crippen MR) is 84.5 cm³/mol. The molecule has 9 heteroatoms. The summed E-state index contributed by atoms with van der Waals surface area (Å²) in [6.07, 6.45) is -3.19. The Labute approximate surface area is 142 Å². The molecule has 2 aromatic rings. The molecule has 0 amide bonds. The Balaban J connectivity index is 2.41. The lowest BCUT2D eigenvalue weighted by molar-refractivity contribution is -0.137. The number of nitrogens with zero attached hydrogens (tertiary/aromatic N) is 2. The van der Waals surface area contributed by atoms with Gasteiger partial charge in [-0.25, -0.2) is 4.79 Å². The standard InChI is InChI=1S/C16H18F3N3O3/c1-4-24-15(23)11-8-22(9(2)3)21-14(11)25-10-5-6-13(20)12(7-10)16(17,18)19/h5-9H,4,20H2,1-3H3. The molecule has 136 valence electrons. The highest BCUT2D eigenvalue weighted by Gasteiger charge is 2.33. The van der Waals surface area contributed by atoms with Gasteiger partial charge in [-0.3, -0.25) is 4.68 Å². The number of hydrogen-bond acceptors (Lipinski definition) is 5. The van der Waals surface area contributed by atoms with E-state index in [0.717, 1.165) is 12.1 Å². The number of ether oxygens (including phenoxy) is 2. The smallest absolute Gasteiger partial charge is 0.418 e. The fourth-order valence-electron chi connectivity index (χ4n) is 2.02. The summed E-state index contributed by atoms with van der Waals surface area (Å²) >= 11 is 0. The van der Waals surface area contributed by atoms with Gasteiger partial charge in [-0.1, -0.05) is 0 Å². The van der Waals surface area contributed by atoms with Gasteiger partial charge in [0, 0.05) is 17.9 Å². The molecule has 0 radical (unpaired) electrons. The lowest BCUT2D eigenvalue weighted by atomic mass is 10.1. The molecule has 0 atom stereocenters. The van der Waals surface area contributed by atoms with E-state index in [0.29, 0.717) is 0 Å². The van der Waals surface area contributed by atoms with Crippen LogP contribution in [0.2, 0.25) is 0 Å². The minimum absolute atomic E-state index is 0.0286. The largest absolute Gasteiger partial charge is 0.462 e. The number of aromatic nitrogens is 2. The van der Waals surface area contributed by atoms with Crippen LogP contribution in [0.3, 0.4) is 0 Å². The fourth-order valence-corrected chi connectivity index (χ4v) is 2.02. The maximum atomic E-state index is 13.0. The van der Waals surface area contributed by atoms with E-state index in [4.69, 9.17) is 15.2 Å². The number of halogens is 3. The molecule has 0 aliphatic carbocycles. The third-order valence-corrected chi connectivity index (χ3v) is 3.27. The van der Waals surface area contributed by atoms with Crippen molar-refractivity contribution < 1.29 is 27.4 Å². The first-order valence-corrected chi connectivity index (χ1v) is 7.54. The van der Waals surface area contributed by atoms with E-state index in [-0.39, 0.29) is 29.8 Å². The van der Waals surface area contributed by atoms with E-state index in [1.165, 1.54) is 16.9 Å². The van der Waals surface area contributed by atoms with Crippen LogP contribution in [0.1, 0.15) is 42.7 Å². The minimum atomic E-state index is -4.62. The molecule has 0 saturated heterocycles. The molecule has 1 aromatic heterocycles. The van der Waals surface area contributed by atoms with Gasteiger partial charge in [0.25, 0.3) is 5.88 Å². The molecule has 1 heterocycles. The molecule has 0 unspecified atom stereocenters. The number of nitrogen functional groups attached to an aromatic ring is 1. The van der Waals surface area contributed by atoms with E-state index in [2.05, 4.69) is 5.10 Å². The first-order valence-electron chi connectivity index (χ1n) is 7.54. The SMILES string of the molecule is CCOC(=O)c1cn(C(C)C)nc1Oc1ccc(N)c(C(F)(F)F)c1. The zero-order chi connectivity index (χ0) is 18.8. The van der Waals surface area contributed by atoms with Gasteiger partial charge in [-0.2, -0.15) is 13.2 Å². The van der Waals surface area contributed by atoms with Crippen molar-refractivity contribution in [2.45, 2.75) is 33.0 Å². The quantitative estimate of drug-likeness (QED) is 0.645. The number of alkyl halides is 3. The van der Waals surface area contributed by atoms with Crippen molar-refractivity contribution in [2.75, 3.05) is 12.3 Å². The third kappa shape index (κ3) is 4.23. The monoisotopic (exact) mass is 357 g/mol. The van der Waals surface area contributed by atoms with Crippen LogP contribution in [0.5, 0.6) is 11.6 Å².